The van der Waals surface area contributed by atoms with Gasteiger partial charge >= 0.3 is 0 Å². The molecule has 2 aromatic carbocycles. The van der Waals surface area contributed by atoms with Gasteiger partial charge in [-0.05, 0) is 66.9 Å². The standard InChI is InChI=1S/C19H23N5/c1-5-19(4,20-17-12-7-6-10-15(17)3)18-21-22-23-24(18)16-11-8-9-14(2)13-16/h6-13,20H,5H2,1-4H3. The zero-order valence-electron chi connectivity index (χ0n) is 14.6. The highest BCUT2D eigenvalue weighted by molar-refractivity contribution is 5.53. The molecule has 0 aliphatic carbocycles. The normalized spacial score (nSPS) is 13.5. The van der Waals surface area contributed by atoms with Crippen LogP contribution < -0.4 is 5.32 Å². The highest BCUT2D eigenvalue weighted by atomic mass is 15.6. The average Bonchev–Trinajstić information content (AvgIpc) is 3.07. The Kier molecular flexibility index (Phi) is 4.34. The van der Waals surface area contributed by atoms with Crippen molar-refractivity contribution in [3.63, 3.8) is 0 Å². The molecule has 0 amide bonds. The highest BCUT2D eigenvalue weighted by Crippen LogP contribution is 2.30. The molecule has 3 rings (SSSR count). The third-order valence-corrected chi connectivity index (χ3v) is 4.47. The van der Waals surface area contributed by atoms with Gasteiger partial charge in [0.25, 0.3) is 0 Å². The second-order valence-corrected chi connectivity index (χ2v) is 6.38. The second-order valence-electron chi connectivity index (χ2n) is 6.38. The summed E-state index contributed by atoms with van der Waals surface area (Å²) in [5.41, 5.74) is 4.08. The summed E-state index contributed by atoms with van der Waals surface area (Å²) in [6.45, 7) is 8.44. The van der Waals surface area contributed by atoms with Crippen molar-refractivity contribution in [2.45, 2.75) is 39.7 Å². The van der Waals surface area contributed by atoms with E-state index in [-0.39, 0.29) is 5.54 Å². The summed E-state index contributed by atoms with van der Waals surface area (Å²) in [6.07, 6.45) is 0.855. The minimum atomic E-state index is -0.376. The minimum Gasteiger partial charge on any atom is -0.373 e. The van der Waals surface area contributed by atoms with E-state index in [0.29, 0.717) is 0 Å². The van der Waals surface area contributed by atoms with Gasteiger partial charge in [-0.25, -0.2) is 0 Å². The van der Waals surface area contributed by atoms with Crippen LogP contribution in [0.4, 0.5) is 5.69 Å². The molecule has 0 saturated heterocycles. The number of nitrogens with zero attached hydrogens (tertiary/aromatic N) is 4. The van der Waals surface area contributed by atoms with E-state index in [1.54, 1.807) is 0 Å². The van der Waals surface area contributed by atoms with Gasteiger partial charge in [0.2, 0.25) is 0 Å². The molecule has 0 bridgehead atoms. The number of para-hydroxylation sites is 1. The molecule has 1 atom stereocenters. The summed E-state index contributed by atoms with van der Waals surface area (Å²) in [6, 6.07) is 16.5. The van der Waals surface area contributed by atoms with Gasteiger partial charge in [0.05, 0.1) is 11.2 Å². The van der Waals surface area contributed by atoms with E-state index in [0.717, 1.165) is 23.6 Å². The maximum absolute atomic E-state index is 4.33. The zero-order valence-corrected chi connectivity index (χ0v) is 14.6. The number of aryl methyl sites for hydroxylation is 2. The summed E-state index contributed by atoms with van der Waals surface area (Å²) in [5, 5.41) is 16.1. The molecule has 1 heterocycles. The fraction of sp³-hybridized carbons (Fsp3) is 0.316. The predicted octanol–water partition coefficient (Wildman–Crippen LogP) is 4.02. The first-order valence-electron chi connectivity index (χ1n) is 8.23. The van der Waals surface area contributed by atoms with Crippen molar-refractivity contribution < 1.29 is 0 Å². The molecule has 1 N–H and O–H groups in total. The molecule has 1 unspecified atom stereocenters. The van der Waals surface area contributed by atoms with Crippen molar-refractivity contribution in [2.75, 3.05) is 5.32 Å². The van der Waals surface area contributed by atoms with Gasteiger partial charge in [-0.1, -0.05) is 37.3 Å². The maximum atomic E-state index is 4.33. The first-order chi connectivity index (χ1) is 11.5. The van der Waals surface area contributed by atoms with Crippen molar-refractivity contribution in [2.24, 2.45) is 0 Å². The van der Waals surface area contributed by atoms with Crippen molar-refractivity contribution >= 4 is 5.69 Å². The van der Waals surface area contributed by atoms with Crippen LogP contribution in [0.25, 0.3) is 5.69 Å². The number of hydrogen-bond acceptors (Lipinski definition) is 4. The lowest BCUT2D eigenvalue weighted by molar-refractivity contribution is 0.474. The van der Waals surface area contributed by atoms with Crippen LogP contribution in [-0.2, 0) is 5.54 Å². The molecule has 0 aliphatic rings. The van der Waals surface area contributed by atoms with Crippen molar-refractivity contribution in [1.82, 2.24) is 20.2 Å². The Hall–Kier alpha value is -2.69. The van der Waals surface area contributed by atoms with Crippen LogP contribution in [0.1, 0.15) is 37.2 Å². The van der Waals surface area contributed by atoms with Gasteiger partial charge in [0.15, 0.2) is 5.82 Å². The number of anilines is 1. The summed E-state index contributed by atoms with van der Waals surface area (Å²) in [4.78, 5) is 0. The van der Waals surface area contributed by atoms with Crippen molar-refractivity contribution in [3.05, 3.63) is 65.5 Å². The third-order valence-electron chi connectivity index (χ3n) is 4.47. The fourth-order valence-corrected chi connectivity index (χ4v) is 2.78. The molecule has 0 aliphatic heterocycles. The van der Waals surface area contributed by atoms with Crippen LogP contribution in [0, 0.1) is 13.8 Å². The summed E-state index contributed by atoms with van der Waals surface area (Å²) >= 11 is 0. The van der Waals surface area contributed by atoms with Gasteiger partial charge in [0.1, 0.15) is 0 Å². The molecule has 1 aromatic heterocycles. The van der Waals surface area contributed by atoms with Gasteiger partial charge in [-0.2, -0.15) is 4.68 Å². The lowest BCUT2D eigenvalue weighted by Crippen LogP contribution is -2.34. The molecule has 5 heteroatoms. The lowest BCUT2D eigenvalue weighted by Gasteiger charge is -2.30. The monoisotopic (exact) mass is 321 g/mol. The molecule has 0 spiro atoms. The van der Waals surface area contributed by atoms with E-state index < -0.39 is 0 Å². The highest BCUT2D eigenvalue weighted by Gasteiger charge is 2.31. The Morgan fingerprint density at radius 1 is 1.08 bits per heavy atom. The second kappa shape index (κ2) is 6.43. The van der Waals surface area contributed by atoms with Crippen LogP contribution >= 0.6 is 0 Å². The van der Waals surface area contributed by atoms with Crippen LogP contribution in [0.15, 0.2) is 48.5 Å². The number of rotatable bonds is 5. The predicted molar refractivity (Wildman–Crippen MR) is 96.3 cm³/mol. The molecule has 0 fully saturated rings. The summed E-state index contributed by atoms with van der Waals surface area (Å²) in [7, 11) is 0. The van der Waals surface area contributed by atoms with Gasteiger partial charge < -0.3 is 5.32 Å². The Morgan fingerprint density at radius 3 is 2.58 bits per heavy atom. The Morgan fingerprint density at radius 2 is 1.88 bits per heavy atom. The molecule has 0 saturated carbocycles. The minimum absolute atomic E-state index is 0.376. The van der Waals surface area contributed by atoms with Crippen LogP contribution in [0.2, 0.25) is 0 Å². The topological polar surface area (TPSA) is 55.6 Å². The maximum Gasteiger partial charge on any atom is 0.181 e. The van der Waals surface area contributed by atoms with E-state index in [4.69, 9.17) is 0 Å². The van der Waals surface area contributed by atoms with Gasteiger partial charge in [-0.3, -0.25) is 0 Å². The van der Waals surface area contributed by atoms with Gasteiger partial charge in [0, 0.05) is 5.69 Å². The zero-order chi connectivity index (χ0) is 17.2. The van der Waals surface area contributed by atoms with E-state index in [1.165, 1.54) is 11.1 Å². The summed E-state index contributed by atoms with van der Waals surface area (Å²) in [5.74, 6) is 0.804. The van der Waals surface area contributed by atoms with E-state index in [2.05, 4.69) is 72.8 Å². The first-order valence-corrected chi connectivity index (χ1v) is 8.23. The molecule has 3 aromatic rings. The molecule has 0 radical (unpaired) electrons. The quantitative estimate of drug-likeness (QED) is 0.771. The molecule has 124 valence electrons. The van der Waals surface area contributed by atoms with Crippen LogP contribution in [-0.4, -0.2) is 20.2 Å². The molecular formula is C19H23N5. The van der Waals surface area contributed by atoms with Crippen molar-refractivity contribution in [1.29, 1.82) is 0 Å². The van der Waals surface area contributed by atoms with Crippen molar-refractivity contribution in [3.8, 4) is 5.69 Å². The molecule has 5 nitrogen and oxygen atoms in total. The number of hydrogen-bond donors (Lipinski definition) is 1. The number of tetrazole rings is 1. The summed E-state index contributed by atoms with van der Waals surface area (Å²) < 4.78 is 1.82. The molecule has 24 heavy (non-hydrogen) atoms. The number of nitrogens with one attached hydrogen (secondary N) is 1. The Labute approximate surface area is 142 Å². The first kappa shape index (κ1) is 16.2. The Bertz CT molecular complexity index is 839. The number of benzene rings is 2. The largest absolute Gasteiger partial charge is 0.373 e. The molecular weight excluding hydrogens is 298 g/mol. The van der Waals surface area contributed by atoms with Crippen LogP contribution in [0.5, 0.6) is 0 Å². The average molecular weight is 321 g/mol. The third kappa shape index (κ3) is 3.02. The van der Waals surface area contributed by atoms with Crippen LogP contribution in [0.3, 0.4) is 0 Å². The van der Waals surface area contributed by atoms with Gasteiger partial charge in [-0.15, -0.1) is 5.10 Å². The smallest absolute Gasteiger partial charge is 0.181 e. The Balaban J connectivity index is 2.03. The van der Waals surface area contributed by atoms with E-state index >= 15 is 0 Å². The van der Waals surface area contributed by atoms with E-state index in [9.17, 15) is 0 Å². The fourth-order valence-electron chi connectivity index (χ4n) is 2.78. The SMILES string of the molecule is CCC(C)(Nc1ccccc1C)c1nnnn1-c1cccc(C)c1. The lowest BCUT2D eigenvalue weighted by atomic mass is 9.96. The van der Waals surface area contributed by atoms with E-state index in [1.807, 2.05) is 28.9 Å². The number of aromatic nitrogens is 4.